The Bertz CT molecular complexity index is 1010. The fourth-order valence-electron chi connectivity index (χ4n) is 3.84. The van der Waals surface area contributed by atoms with Crippen molar-refractivity contribution in [2.24, 2.45) is 0 Å². The van der Waals surface area contributed by atoms with Crippen molar-refractivity contribution in [3.8, 4) is 0 Å². The number of urea groups is 1. The number of aromatic nitrogens is 2. The second-order valence-corrected chi connectivity index (χ2v) is 7.02. The lowest BCUT2D eigenvalue weighted by Crippen LogP contribution is -2.42. The summed E-state index contributed by atoms with van der Waals surface area (Å²) in [4.78, 5) is 29.7. The van der Waals surface area contributed by atoms with E-state index in [-0.39, 0.29) is 17.8 Å². The molecular weight excluding hydrogens is 340 g/mol. The van der Waals surface area contributed by atoms with Gasteiger partial charge in [-0.1, -0.05) is 31.2 Å². The van der Waals surface area contributed by atoms with Gasteiger partial charge in [0.25, 0.3) is 0 Å². The summed E-state index contributed by atoms with van der Waals surface area (Å²) in [7, 11) is 0. The van der Waals surface area contributed by atoms with Crippen molar-refractivity contribution >= 4 is 22.8 Å². The summed E-state index contributed by atoms with van der Waals surface area (Å²) >= 11 is 0. The Morgan fingerprint density at radius 2 is 1.93 bits per heavy atom. The highest BCUT2D eigenvalue weighted by molar-refractivity contribution is 5.89. The molecule has 0 atom stereocenters. The van der Waals surface area contributed by atoms with Crippen LogP contribution in [0.5, 0.6) is 0 Å². The van der Waals surface area contributed by atoms with Crippen molar-refractivity contribution < 1.29 is 4.79 Å². The molecule has 3 aromatic rings. The SMILES string of the molecule is CCc1cccc(NC(=O)N2CCC(n3c(=O)[nH]c4ccccc43)CC2)c1. The fraction of sp³-hybridized carbons (Fsp3) is 0.333. The number of rotatable bonds is 3. The van der Waals surface area contributed by atoms with E-state index in [1.54, 1.807) is 0 Å². The van der Waals surface area contributed by atoms with Gasteiger partial charge in [-0.05, 0) is 49.1 Å². The van der Waals surface area contributed by atoms with Gasteiger partial charge in [0.05, 0.1) is 11.0 Å². The highest BCUT2D eigenvalue weighted by Crippen LogP contribution is 2.25. The molecule has 6 nitrogen and oxygen atoms in total. The summed E-state index contributed by atoms with van der Waals surface area (Å²) < 4.78 is 1.84. The molecule has 0 aliphatic carbocycles. The van der Waals surface area contributed by atoms with Crippen LogP contribution in [0.1, 0.15) is 31.4 Å². The van der Waals surface area contributed by atoms with Crippen molar-refractivity contribution in [3.05, 3.63) is 64.6 Å². The van der Waals surface area contributed by atoms with E-state index in [2.05, 4.69) is 23.3 Å². The van der Waals surface area contributed by atoms with Crippen LogP contribution < -0.4 is 11.0 Å². The molecule has 4 rings (SSSR count). The van der Waals surface area contributed by atoms with Crippen LogP contribution in [-0.2, 0) is 6.42 Å². The van der Waals surface area contributed by atoms with Crippen molar-refractivity contribution in [1.29, 1.82) is 0 Å². The first kappa shape index (κ1) is 17.4. The lowest BCUT2D eigenvalue weighted by atomic mass is 10.0. The van der Waals surface area contributed by atoms with E-state index in [4.69, 9.17) is 0 Å². The minimum Gasteiger partial charge on any atom is -0.324 e. The van der Waals surface area contributed by atoms with E-state index in [1.807, 2.05) is 51.9 Å². The second-order valence-electron chi connectivity index (χ2n) is 7.02. The Hall–Kier alpha value is -3.02. The Morgan fingerprint density at radius 1 is 1.15 bits per heavy atom. The summed E-state index contributed by atoms with van der Waals surface area (Å²) in [5.74, 6) is 0. The first-order chi connectivity index (χ1) is 13.2. The molecule has 0 saturated carbocycles. The summed E-state index contributed by atoms with van der Waals surface area (Å²) in [6.07, 6.45) is 2.48. The maximum Gasteiger partial charge on any atom is 0.326 e. The van der Waals surface area contributed by atoms with E-state index < -0.39 is 0 Å². The number of aryl methyl sites for hydroxylation is 1. The topological polar surface area (TPSA) is 70.1 Å². The molecule has 0 bridgehead atoms. The molecule has 0 spiro atoms. The Labute approximate surface area is 157 Å². The van der Waals surface area contributed by atoms with Crippen LogP contribution in [0.25, 0.3) is 11.0 Å². The van der Waals surface area contributed by atoms with E-state index in [0.29, 0.717) is 13.1 Å². The zero-order chi connectivity index (χ0) is 18.8. The number of carbonyl (C=O) groups excluding carboxylic acids is 1. The van der Waals surface area contributed by atoms with Crippen LogP contribution in [-0.4, -0.2) is 33.6 Å². The molecule has 1 saturated heterocycles. The standard InChI is InChI=1S/C21H24N4O2/c1-2-15-6-5-7-16(14-15)22-20(26)24-12-10-17(11-13-24)25-19-9-4-3-8-18(19)23-21(25)27/h3-9,14,17H,2,10-13H2,1H3,(H,22,26)(H,23,27). The van der Waals surface area contributed by atoms with Crippen LogP contribution in [0.4, 0.5) is 10.5 Å². The molecule has 27 heavy (non-hydrogen) atoms. The number of amides is 2. The molecule has 2 N–H and O–H groups in total. The van der Waals surface area contributed by atoms with Gasteiger partial charge in [-0.15, -0.1) is 0 Å². The molecule has 140 valence electrons. The minimum absolute atomic E-state index is 0.0736. The number of nitrogens with zero attached hydrogens (tertiary/aromatic N) is 2. The molecule has 6 heteroatoms. The zero-order valence-corrected chi connectivity index (χ0v) is 15.4. The van der Waals surface area contributed by atoms with E-state index >= 15 is 0 Å². The lowest BCUT2D eigenvalue weighted by Gasteiger charge is -2.32. The number of H-pyrrole nitrogens is 1. The number of nitrogens with one attached hydrogen (secondary N) is 2. The summed E-state index contributed by atoms with van der Waals surface area (Å²) in [6.45, 7) is 3.37. The highest BCUT2D eigenvalue weighted by Gasteiger charge is 2.26. The molecule has 0 radical (unpaired) electrons. The van der Waals surface area contributed by atoms with Crippen LogP contribution in [0.15, 0.2) is 53.3 Å². The summed E-state index contributed by atoms with van der Waals surface area (Å²) in [5.41, 5.74) is 3.75. The summed E-state index contributed by atoms with van der Waals surface area (Å²) in [5, 5.41) is 2.99. The number of carbonyl (C=O) groups is 1. The second kappa shape index (κ2) is 7.31. The molecule has 1 aliphatic heterocycles. The Morgan fingerprint density at radius 3 is 2.70 bits per heavy atom. The molecular formula is C21H24N4O2. The number of fused-ring (bicyclic) bond motifs is 1. The Balaban J connectivity index is 1.43. The molecule has 2 heterocycles. The van der Waals surface area contributed by atoms with Crippen molar-refractivity contribution in [3.63, 3.8) is 0 Å². The molecule has 1 fully saturated rings. The first-order valence-corrected chi connectivity index (χ1v) is 9.50. The largest absolute Gasteiger partial charge is 0.326 e. The van der Waals surface area contributed by atoms with Gasteiger partial charge in [-0.2, -0.15) is 0 Å². The third-order valence-electron chi connectivity index (χ3n) is 5.33. The number of benzene rings is 2. The third-order valence-corrected chi connectivity index (χ3v) is 5.33. The van der Waals surface area contributed by atoms with Crippen molar-refractivity contribution in [2.75, 3.05) is 18.4 Å². The summed E-state index contributed by atoms with van der Waals surface area (Å²) in [6, 6.07) is 15.7. The van der Waals surface area contributed by atoms with E-state index in [9.17, 15) is 9.59 Å². The monoisotopic (exact) mass is 364 g/mol. The van der Waals surface area contributed by atoms with Gasteiger partial charge in [0.2, 0.25) is 0 Å². The number of hydrogen-bond acceptors (Lipinski definition) is 2. The molecule has 1 aliphatic rings. The van der Waals surface area contributed by atoms with Crippen LogP contribution >= 0.6 is 0 Å². The zero-order valence-electron chi connectivity index (χ0n) is 15.4. The smallest absolute Gasteiger partial charge is 0.324 e. The van der Waals surface area contributed by atoms with Gasteiger partial charge in [-0.25, -0.2) is 9.59 Å². The average Bonchev–Trinajstić information content (AvgIpc) is 3.04. The number of anilines is 1. The van der Waals surface area contributed by atoms with Gasteiger partial charge in [0, 0.05) is 24.8 Å². The maximum atomic E-state index is 12.6. The van der Waals surface area contributed by atoms with E-state index in [0.717, 1.165) is 36.0 Å². The van der Waals surface area contributed by atoms with Crippen LogP contribution in [0.3, 0.4) is 0 Å². The number of likely N-dealkylation sites (tertiary alicyclic amines) is 1. The number of para-hydroxylation sites is 2. The van der Waals surface area contributed by atoms with Crippen LogP contribution in [0, 0.1) is 0 Å². The van der Waals surface area contributed by atoms with E-state index in [1.165, 1.54) is 5.56 Å². The minimum atomic E-state index is -0.0759. The normalized spacial score (nSPS) is 15.2. The van der Waals surface area contributed by atoms with Crippen LogP contribution in [0.2, 0.25) is 0 Å². The third kappa shape index (κ3) is 3.47. The van der Waals surface area contributed by atoms with Gasteiger partial charge in [0.1, 0.15) is 0 Å². The maximum absolute atomic E-state index is 12.6. The number of piperidine rings is 1. The lowest BCUT2D eigenvalue weighted by molar-refractivity contribution is 0.184. The quantitative estimate of drug-likeness (QED) is 0.743. The van der Waals surface area contributed by atoms with Gasteiger partial charge < -0.3 is 15.2 Å². The van der Waals surface area contributed by atoms with Gasteiger partial charge in [0.15, 0.2) is 0 Å². The molecule has 2 aromatic carbocycles. The number of hydrogen-bond donors (Lipinski definition) is 2. The predicted octanol–water partition coefficient (Wildman–Crippen LogP) is 3.76. The number of imidazole rings is 1. The van der Waals surface area contributed by atoms with Gasteiger partial charge in [-0.3, -0.25) is 4.57 Å². The average molecular weight is 364 g/mol. The molecule has 2 amide bonds. The van der Waals surface area contributed by atoms with Crippen molar-refractivity contribution in [2.45, 2.75) is 32.2 Å². The van der Waals surface area contributed by atoms with Crippen molar-refractivity contribution in [1.82, 2.24) is 14.5 Å². The first-order valence-electron chi connectivity index (χ1n) is 9.50. The predicted molar refractivity (Wildman–Crippen MR) is 107 cm³/mol. The highest BCUT2D eigenvalue weighted by atomic mass is 16.2. The molecule has 1 aromatic heterocycles. The fourth-order valence-corrected chi connectivity index (χ4v) is 3.84. The van der Waals surface area contributed by atoms with Gasteiger partial charge >= 0.3 is 11.7 Å². The number of aromatic amines is 1. The molecule has 0 unspecified atom stereocenters. The Kier molecular flexibility index (Phi) is 4.71.